The van der Waals surface area contributed by atoms with Crippen LogP contribution in [0.25, 0.3) is 10.9 Å². The molecule has 0 bridgehead atoms. The zero-order valence-corrected chi connectivity index (χ0v) is 11.5. The maximum absolute atomic E-state index is 14.0. The number of benzene rings is 2. The second-order valence-electron chi connectivity index (χ2n) is 4.82. The van der Waals surface area contributed by atoms with E-state index < -0.39 is 17.7 Å². The monoisotopic (exact) mass is 284 g/mol. The van der Waals surface area contributed by atoms with Gasteiger partial charge in [-0.3, -0.25) is 4.98 Å². The fraction of sp³-hybridized carbons (Fsp3) is 0.118. The first kappa shape index (κ1) is 13.6. The van der Waals surface area contributed by atoms with E-state index in [9.17, 15) is 8.78 Å². The molecule has 106 valence electrons. The summed E-state index contributed by atoms with van der Waals surface area (Å²) in [7, 11) is 1.70. The molecule has 0 aliphatic heterocycles. The van der Waals surface area contributed by atoms with Gasteiger partial charge in [-0.2, -0.15) is 0 Å². The van der Waals surface area contributed by atoms with Crippen LogP contribution in [0, 0.1) is 11.6 Å². The van der Waals surface area contributed by atoms with E-state index >= 15 is 0 Å². The summed E-state index contributed by atoms with van der Waals surface area (Å²) >= 11 is 0. The number of halogens is 2. The summed E-state index contributed by atoms with van der Waals surface area (Å²) < 4.78 is 27.4. The van der Waals surface area contributed by atoms with E-state index in [4.69, 9.17) is 0 Å². The standard InChI is InChI=1S/C17H14F2N2/c1-20-17(13-10-12(18)7-8-14(13)19)16-9-6-11-4-2-3-5-15(11)21-16/h2-10,17,20H,1H3. The minimum absolute atomic E-state index is 0.250. The Bertz CT molecular complexity index is 787. The normalized spacial score (nSPS) is 12.5. The van der Waals surface area contributed by atoms with Gasteiger partial charge in [0.1, 0.15) is 11.6 Å². The van der Waals surface area contributed by atoms with Crippen LogP contribution in [0.1, 0.15) is 17.3 Å². The lowest BCUT2D eigenvalue weighted by Crippen LogP contribution is -2.20. The predicted octanol–water partition coefficient (Wildman–Crippen LogP) is 3.82. The fourth-order valence-corrected chi connectivity index (χ4v) is 2.44. The molecule has 0 saturated heterocycles. The molecule has 0 spiro atoms. The van der Waals surface area contributed by atoms with Crippen molar-refractivity contribution in [1.82, 2.24) is 10.3 Å². The van der Waals surface area contributed by atoms with Gasteiger partial charge >= 0.3 is 0 Å². The first-order chi connectivity index (χ1) is 10.2. The van der Waals surface area contributed by atoms with E-state index in [1.807, 2.05) is 36.4 Å². The average Bonchev–Trinajstić information content (AvgIpc) is 2.51. The molecule has 21 heavy (non-hydrogen) atoms. The summed E-state index contributed by atoms with van der Waals surface area (Å²) in [6, 6.07) is 14.4. The zero-order chi connectivity index (χ0) is 14.8. The molecule has 4 heteroatoms. The Balaban J connectivity index is 2.11. The van der Waals surface area contributed by atoms with Gasteiger partial charge in [0.25, 0.3) is 0 Å². The number of nitrogens with zero attached hydrogens (tertiary/aromatic N) is 1. The number of hydrogen-bond acceptors (Lipinski definition) is 2. The third-order valence-corrected chi connectivity index (χ3v) is 3.47. The van der Waals surface area contributed by atoms with E-state index in [2.05, 4.69) is 10.3 Å². The molecule has 0 aliphatic carbocycles. The van der Waals surface area contributed by atoms with Crippen molar-refractivity contribution in [2.24, 2.45) is 0 Å². The van der Waals surface area contributed by atoms with E-state index in [1.54, 1.807) is 7.05 Å². The third kappa shape index (κ3) is 2.62. The number of rotatable bonds is 3. The Morgan fingerprint density at radius 1 is 1.00 bits per heavy atom. The number of aromatic nitrogens is 1. The fourth-order valence-electron chi connectivity index (χ4n) is 2.44. The summed E-state index contributed by atoms with van der Waals surface area (Å²) in [5.41, 5.74) is 1.73. The molecule has 1 aromatic heterocycles. The average molecular weight is 284 g/mol. The predicted molar refractivity (Wildman–Crippen MR) is 79.0 cm³/mol. The SMILES string of the molecule is CNC(c1ccc2ccccc2n1)c1cc(F)ccc1F. The van der Waals surface area contributed by atoms with Crippen molar-refractivity contribution >= 4 is 10.9 Å². The van der Waals surface area contributed by atoms with Gasteiger partial charge in [-0.1, -0.05) is 24.3 Å². The van der Waals surface area contributed by atoms with Crippen molar-refractivity contribution in [2.75, 3.05) is 7.05 Å². The molecule has 1 atom stereocenters. The summed E-state index contributed by atoms with van der Waals surface area (Å²) in [4.78, 5) is 4.54. The second-order valence-corrected chi connectivity index (χ2v) is 4.82. The lowest BCUT2D eigenvalue weighted by atomic mass is 10.0. The van der Waals surface area contributed by atoms with Crippen molar-refractivity contribution in [1.29, 1.82) is 0 Å². The van der Waals surface area contributed by atoms with Gasteiger partial charge in [0.2, 0.25) is 0 Å². The van der Waals surface area contributed by atoms with E-state index in [1.165, 1.54) is 6.07 Å². The van der Waals surface area contributed by atoms with Crippen molar-refractivity contribution in [2.45, 2.75) is 6.04 Å². The van der Waals surface area contributed by atoms with Gasteiger partial charge in [-0.05, 0) is 37.4 Å². The molecule has 1 N–H and O–H groups in total. The highest BCUT2D eigenvalue weighted by Crippen LogP contribution is 2.25. The second kappa shape index (κ2) is 5.58. The minimum atomic E-state index is -0.495. The molecule has 1 unspecified atom stereocenters. The van der Waals surface area contributed by atoms with Crippen LogP contribution in [0.5, 0.6) is 0 Å². The first-order valence-corrected chi connectivity index (χ1v) is 6.67. The van der Waals surface area contributed by atoms with Crippen LogP contribution in [0.15, 0.2) is 54.6 Å². The number of para-hydroxylation sites is 1. The lowest BCUT2D eigenvalue weighted by molar-refractivity contribution is 0.554. The summed E-state index contributed by atoms with van der Waals surface area (Å²) in [6.45, 7) is 0. The Hall–Kier alpha value is -2.33. The Kier molecular flexibility index (Phi) is 3.62. The van der Waals surface area contributed by atoms with Crippen LogP contribution < -0.4 is 5.32 Å². The van der Waals surface area contributed by atoms with Crippen molar-refractivity contribution in [3.05, 3.63) is 77.5 Å². The van der Waals surface area contributed by atoms with Crippen LogP contribution >= 0.6 is 0 Å². The largest absolute Gasteiger partial charge is 0.308 e. The smallest absolute Gasteiger partial charge is 0.128 e. The van der Waals surface area contributed by atoms with Gasteiger partial charge in [-0.25, -0.2) is 8.78 Å². The summed E-state index contributed by atoms with van der Waals surface area (Å²) in [5, 5.41) is 4.01. The highest BCUT2D eigenvalue weighted by Gasteiger charge is 2.18. The maximum Gasteiger partial charge on any atom is 0.128 e. The van der Waals surface area contributed by atoms with Crippen LogP contribution in [0.2, 0.25) is 0 Å². The van der Waals surface area contributed by atoms with E-state index in [0.717, 1.165) is 23.0 Å². The molecule has 2 aromatic carbocycles. The number of nitrogens with one attached hydrogen (secondary N) is 1. The molecule has 1 heterocycles. The van der Waals surface area contributed by atoms with Crippen LogP contribution in [-0.2, 0) is 0 Å². The molecule has 2 nitrogen and oxygen atoms in total. The molecule has 0 fully saturated rings. The molecular weight excluding hydrogens is 270 g/mol. The highest BCUT2D eigenvalue weighted by molar-refractivity contribution is 5.78. The topological polar surface area (TPSA) is 24.9 Å². The van der Waals surface area contributed by atoms with Gasteiger partial charge in [0.15, 0.2) is 0 Å². The molecule has 0 aliphatic rings. The van der Waals surface area contributed by atoms with Crippen LogP contribution in [-0.4, -0.2) is 12.0 Å². The Labute approximate surface area is 121 Å². The van der Waals surface area contributed by atoms with Crippen molar-refractivity contribution < 1.29 is 8.78 Å². The first-order valence-electron chi connectivity index (χ1n) is 6.67. The number of hydrogen-bond donors (Lipinski definition) is 1. The van der Waals surface area contributed by atoms with Gasteiger partial charge in [0, 0.05) is 10.9 Å². The Morgan fingerprint density at radius 2 is 1.81 bits per heavy atom. The Morgan fingerprint density at radius 3 is 2.62 bits per heavy atom. The van der Waals surface area contributed by atoms with Crippen LogP contribution in [0.4, 0.5) is 8.78 Å². The molecule has 0 radical (unpaired) electrons. The molecule has 0 amide bonds. The number of pyridine rings is 1. The summed E-state index contributed by atoms with van der Waals surface area (Å²) in [5.74, 6) is -0.918. The highest BCUT2D eigenvalue weighted by atomic mass is 19.1. The van der Waals surface area contributed by atoms with E-state index in [0.29, 0.717) is 5.69 Å². The minimum Gasteiger partial charge on any atom is -0.308 e. The molecule has 3 aromatic rings. The molecule has 0 saturated carbocycles. The van der Waals surface area contributed by atoms with Gasteiger partial charge in [0.05, 0.1) is 17.3 Å². The summed E-state index contributed by atoms with van der Waals surface area (Å²) in [6.07, 6.45) is 0. The molecular formula is C17H14F2N2. The zero-order valence-electron chi connectivity index (χ0n) is 11.5. The van der Waals surface area contributed by atoms with Crippen molar-refractivity contribution in [3.63, 3.8) is 0 Å². The van der Waals surface area contributed by atoms with Crippen molar-refractivity contribution in [3.8, 4) is 0 Å². The van der Waals surface area contributed by atoms with Gasteiger partial charge < -0.3 is 5.32 Å². The van der Waals surface area contributed by atoms with E-state index in [-0.39, 0.29) is 5.56 Å². The maximum atomic E-state index is 14.0. The molecule has 3 rings (SSSR count). The third-order valence-electron chi connectivity index (χ3n) is 3.47. The lowest BCUT2D eigenvalue weighted by Gasteiger charge is -2.17. The van der Waals surface area contributed by atoms with Crippen LogP contribution in [0.3, 0.4) is 0 Å². The van der Waals surface area contributed by atoms with Gasteiger partial charge in [-0.15, -0.1) is 0 Å². The quantitative estimate of drug-likeness (QED) is 0.791. The number of fused-ring (bicyclic) bond motifs is 1.